The van der Waals surface area contributed by atoms with Gasteiger partial charge in [0.25, 0.3) is 5.78 Å². The second-order valence-corrected chi connectivity index (χ2v) is 9.62. The predicted molar refractivity (Wildman–Crippen MR) is 138 cm³/mol. The minimum atomic E-state index is -0.983. The molecule has 0 saturated carbocycles. The number of carbonyl (C=O) groups is 2. The smallest absolute Gasteiger partial charge is 0.301 e. The minimum Gasteiger partial charge on any atom is -0.507 e. The number of thiazole rings is 1. The van der Waals surface area contributed by atoms with Crippen molar-refractivity contribution in [1.29, 1.82) is 0 Å². The van der Waals surface area contributed by atoms with Gasteiger partial charge in [0.1, 0.15) is 17.3 Å². The van der Waals surface area contributed by atoms with Crippen LogP contribution in [0.4, 0.5) is 9.52 Å². The summed E-state index contributed by atoms with van der Waals surface area (Å²) in [7, 11) is 0. The summed E-state index contributed by atoms with van der Waals surface area (Å²) in [4.78, 5) is 32.8. The molecule has 3 aromatic carbocycles. The fourth-order valence-electron chi connectivity index (χ4n) is 4.51. The second kappa shape index (κ2) is 9.20. The van der Waals surface area contributed by atoms with Gasteiger partial charge in [-0.1, -0.05) is 41.7 Å². The molecular weight excluding hydrogens is 479 g/mol. The standard InChI is InChI=1S/C28H23FN2O4S/c1-4-35-20-7-5-6-18(14-20)25(32)22-24(17-8-10-19(29)11-9-17)31(27(34)26(22)33)28-30-23-16(3)12-15(2)13-21(23)36-28/h5-14,24,32H,4H2,1-3H3. The van der Waals surface area contributed by atoms with Gasteiger partial charge in [0.2, 0.25) is 0 Å². The molecule has 5 rings (SSSR count). The fraction of sp³-hybridized carbons (Fsp3) is 0.179. The summed E-state index contributed by atoms with van der Waals surface area (Å²) in [6.45, 7) is 6.19. The van der Waals surface area contributed by atoms with E-state index in [1.807, 2.05) is 32.9 Å². The Kier molecular flexibility index (Phi) is 6.05. The molecule has 0 aliphatic carbocycles. The van der Waals surface area contributed by atoms with Gasteiger partial charge in [-0.25, -0.2) is 9.37 Å². The first-order valence-electron chi connectivity index (χ1n) is 11.5. The van der Waals surface area contributed by atoms with E-state index in [-0.39, 0.29) is 11.3 Å². The molecule has 0 spiro atoms. The third kappa shape index (κ3) is 4.03. The van der Waals surface area contributed by atoms with Crippen LogP contribution in [0, 0.1) is 19.7 Å². The van der Waals surface area contributed by atoms with Crippen LogP contribution in [0.25, 0.3) is 16.0 Å². The molecule has 1 saturated heterocycles. The van der Waals surface area contributed by atoms with Gasteiger partial charge in [-0.2, -0.15) is 0 Å². The summed E-state index contributed by atoms with van der Waals surface area (Å²) in [5.41, 5.74) is 3.47. The van der Waals surface area contributed by atoms with Gasteiger partial charge in [0, 0.05) is 5.56 Å². The van der Waals surface area contributed by atoms with Crippen molar-refractivity contribution in [2.24, 2.45) is 0 Å². The van der Waals surface area contributed by atoms with Crippen LogP contribution in [-0.4, -0.2) is 28.4 Å². The molecule has 4 aromatic rings. The van der Waals surface area contributed by atoms with E-state index in [4.69, 9.17) is 9.72 Å². The van der Waals surface area contributed by atoms with Gasteiger partial charge in [0.05, 0.1) is 28.4 Å². The molecular formula is C28H23FN2O4S. The van der Waals surface area contributed by atoms with Crippen LogP contribution in [0.15, 0.2) is 66.2 Å². The highest BCUT2D eigenvalue weighted by Gasteiger charge is 2.48. The lowest BCUT2D eigenvalue weighted by Gasteiger charge is -2.23. The highest BCUT2D eigenvalue weighted by atomic mass is 32.1. The minimum absolute atomic E-state index is 0.0904. The summed E-state index contributed by atoms with van der Waals surface area (Å²) in [6.07, 6.45) is 0. The number of halogens is 1. The van der Waals surface area contributed by atoms with Crippen LogP contribution in [0.5, 0.6) is 5.75 Å². The maximum Gasteiger partial charge on any atom is 0.301 e. The number of rotatable bonds is 5. The van der Waals surface area contributed by atoms with E-state index in [0.29, 0.717) is 28.6 Å². The van der Waals surface area contributed by atoms with Crippen LogP contribution < -0.4 is 9.64 Å². The third-order valence-corrected chi connectivity index (χ3v) is 7.07. The molecule has 1 atom stereocenters. The molecule has 36 heavy (non-hydrogen) atoms. The van der Waals surface area contributed by atoms with Crippen LogP contribution in [0.1, 0.15) is 35.2 Å². The van der Waals surface area contributed by atoms with Gasteiger partial charge < -0.3 is 9.84 Å². The van der Waals surface area contributed by atoms with Crippen molar-refractivity contribution in [3.63, 3.8) is 0 Å². The number of nitrogens with zero attached hydrogens (tertiary/aromatic N) is 2. The van der Waals surface area contributed by atoms with Crippen LogP contribution in [-0.2, 0) is 9.59 Å². The SMILES string of the molecule is CCOc1cccc(C(O)=C2C(=O)C(=O)N(c3nc4c(C)cc(C)cc4s3)C2c2ccc(F)cc2)c1. The van der Waals surface area contributed by atoms with Gasteiger partial charge >= 0.3 is 5.91 Å². The first kappa shape index (κ1) is 23.7. The largest absolute Gasteiger partial charge is 0.507 e. The van der Waals surface area contributed by atoms with Crippen molar-refractivity contribution < 1.29 is 23.8 Å². The zero-order valence-corrected chi connectivity index (χ0v) is 20.7. The maximum absolute atomic E-state index is 13.8. The predicted octanol–water partition coefficient (Wildman–Crippen LogP) is 6.08. The molecule has 0 bridgehead atoms. The van der Waals surface area contributed by atoms with Crippen molar-refractivity contribution in [1.82, 2.24) is 4.98 Å². The lowest BCUT2D eigenvalue weighted by atomic mass is 9.95. The quantitative estimate of drug-likeness (QED) is 0.203. The molecule has 0 radical (unpaired) electrons. The Labute approximate surface area is 211 Å². The van der Waals surface area contributed by atoms with Gasteiger partial charge in [0.15, 0.2) is 5.13 Å². The van der Waals surface area contributed by atoms with E-state index in [0.717, 1.165) is 21.3 Å². The number of ketones is 1. The summed E-state index contributed by atoms with van der Waals surface area (Å²) in [5, 5.41) is 11.6. The number of aryl methyl sites for hydroxylation is 2. The van der Waals surface area contributed by atoms with Crippen LogP contribution >= 0.6 is 11.3 Å². The van der Waals surface area contributed by atoms with E-state index >= 15 is 0 Å². The van der Waals surface area contributed by atoms with E-state index in [2.05, 4.69) is 0 Å². The molecule has 182 valence electrons. The molecule has 1 amide bonds. The summed E-state index contributed by atoms with van der Waals surface area (Å²) in [5.74, 6) is -1.91. The number of benzene rings is 3. The first-order valence-corrected chi connectivity index (χ1v) is 12.3. The van der Waals surface area contributed by atoms with E-state index in [1.165, 1.54) is 40.5 Å². The zero-order chi connectivity index (χ0) is 25.6. The number of fused-ring (bicyclic) bond motifs is 1. The topological polar surface area (TPSA) is 79.7 Å². The molecule has 8 heteroatoms. The Hall–Kier alpha value is -4.04. The van der Waals surface area contributed by atoms with Crippen LogP contribution in [0.3, 0.4) is 0 Å². The Morgan fingerprint density at radius 1 is 1.11 bits per heavy atom. The number of ether oxygens (including phenoxy) is 1. The van der Waals surface area contributed by atoms with Crippen LogP contribution in [0.2, 0.25) is 0 Å². The van der Waals surface area contributed by atoms with Gasteiger partial charge in [-0.15, -0.1) is 0 Å². The first-order chi connectivity index (χ1) is 17.3. The Balaban J connectivity index is 1.72. The number of hydrogen-bond donors (Lipinski definition) is 1. The maximum atomic E-state index is 13.8. The number of anilines is 1. The Bertz CT molecular complexity index is 1540. The molecule has 1 aliphatic rings. The Morgan fingerprint density at radius 3 is 2.58 bits per heavy atom. The average molecular weight is 503 g/mol. The summed E-state index contributed by atoms with van der Waals surface area (Å²) < 4.78 is 20.2. The second-order valence-electron chi connectivity index (χ2n) is 8.61. The van der Waals surface area contributed by atoms with E-state index < -0.39 is 23.5 Å². The molecule has 6 nitrogen and oxygen atoms in total. The highest BCUT2D eigenvalue weighted by molar-refractivity contribution is 7.22. The lowest BCUT2D eigenvalue weighted by Crippen LogP contribution is -2.29. The molecule has 1 aliphatic heterocycles. The molecule has 1 unspecified atom stereocenters. The fourth-order valence-corrected chi connectivity index (χ4v) is 5.68. The molecule has 1 fully saturated rings. The van der Waals surface area contributed by atoms with Crippen molar-refractivity contribution in [3.05, 3.63) is 94.3 Å². The molecule has 1 N–H and O–H groups in total. The number of Topliss-reactive ketones (excluding diaryl/α,β-unsaturated/α-hetero) is 1. The third-order valence-electron chi connectivity index (χ3n) is 6.07. The highest BCUT2D eigenvalue weighted by Crippen LogP contribution is 2.44. The zero-order valence-electron chi connectivity index (χ0n) is 19.9. The number of aliphatic hydroxyl groups is 1. The number of carbonyl (C=O) groups excluding carboxylic acids is 2. The van der Waals surface area contributed by atoms with Crippen molar-refractivity contribution in [3.8, 4) is 5.75 Å². The lowest BCUT2D eigenvalue weighted by molar-refractivity contribution is -0.132. The number of amides is 1. The Morgan fingerprint density at radius 2 is 1.86 bits per heavy atom. The number of aromatic nitrogens is 1. The van der Waals surface area contributed by atoms with Gasteiger partial charge in [-0.05, 0) is 67.8 Å². The van der Waals surface area contributed by atoms with Crippen molar-refractivity contribution >= 4 is 44.1 Å². The number of hydrogen-bond acceptors (Lipinski definition) is 6. The summed E-state index contributed by atoms with van der Waals surface area (Å²) in [6, 6.07) is 15.2. The monoisotopic (exact) mass is 502 g/mol. The molecule has 1 aromatic heterocycles. The van der Waals surface area contributed by atoms with E-state index in [1.54, 1.807) is 24.3 Å². The normalized spacial score (nSPS) is 17.2. The summed E-state index contributed by atoms with van der Waals surface area (Å²) >= 11 is 1.29. The van der Waals surface area contributed by atoms with E-state index in [9.17, 15) is 19.1 Å². The molecule has 2 heterocycles. The van der Waals surface area contributed by atoms with Crippen molar-refractivity contribution in [2.75, 3.05) is 11.5 Å². The number of aliphatic hydroxyl groups excluding tert-OH is 1. The average Bonchev–Trinajstić information content (AvgIpc) is 3.38. The van der Waals surface area contributed by atoms with Gasteiger partial charge in [-0.3, -0.25) is 14.5 Å². The van der Waals surface area contributed by atoms with Crippen molar-refractivity contribution in [2.45, 2.75) is 26.8 Å².